The molecule has 0 N–H and O–H groups in total. The van der Waals surface area contributed by atoms with Gasteiger partial charge in [0.2, 0.25) is 0 Å². The van der Waals surface area contributed by atoms with Gasteiger partial charge in [-0.1, -0.05) is 46.8 Å². The summed E-state index contributed by atoms with van der Waals surface area (Å²) in [5, 5.41) is 8.79. The van der Waals surface area contributed by atoms with Crippen LogP contribution in [-0.4, -0.2) is 18.0 Å². The van der Waals surface area contributed by atoms with Gasteiger partial charge < -0.3 is 0 Å². The fourth-order valence-corrected chi connectivity index (χ4v) is 2.82. The Hall–Kier alpha value is -1.33. The number of rotatable bonds is 3. The Morgan fingerprint density at radius 3 is 2.50 bits per heavy atom. The molecule has 1 aromatic carbocycles. The Kier molecular flexibility index (Phi) is 6.75. The number of fused-ring (bicyclic) bond motifs is 1. The van der Waals surface area contributed by atoms with Crippen LogP contribution < -0.4 is 0 Å². The van der Waals surface area contributed by atoms with Crippen molar-refractivity contribution in [1.82, 2.24) is 4.90 Å². The molecule has 1 aliphatic heterocycles. The van der Waals surface area contributed by atoms with Crippen molar-refractivity contribution in [3.63, 3.8) is 0 Å². The molecule has 0 saturated carbocycles. The first-order valence-corrected chi connectivity index (χ1v) is 7.89. The summed E-state index contributed by atoms with van der Waals surface area (Å²) in [5.74, 6) is 0.599. The third-order valence-electron chi connectivity index (χ3n) is 3.85. The van der Waals surface area contributed by atoms with Gasteiger partial charge >= 0.3 is 0 Å². The highest BCUT2D eigenvalue weighted by molar-refractivity contribution is 5.41. The maximum Gasteiger partial charge on any atom is 0.0868 e. The zero-order chi connectivity index (χ0) is 15.1. The van der Waals surface area contributed by atoms with Crippen LogP contribution in [0.3, 0.4) is 0 Å². The van der Waals surface area contributed by atoms with E-state index >= 15 is 0 Å². The molecular formula is C18H28N2. The van der Waals surface area contributed by atoms with Gasteiger partial charge in [0.1, 0.15) is 0 Å². The summed E-state index contributed by atoms with van der Waals surface area (Å²) in [6.45, 7) is 13.3. The van der Waals surface area contributed by atoms with E-state index in [1.807, 2.05) is 13.8 Å². The molecular weight excluding hydrogens is 244 g/mol. The van der Waals surface area contributed by atoms with Crippen LogP contribution in [0.4, 0.5) is 0 Å². The fraction of sp³-hybridized carbons (Fsp3) is 0.611. The topological polar surface area (TPSA) is 27.0 Å². The molecule has 20 heavy (non-hydrogen) atoms. The van der Waals surface area contributed by atoms with E-state index in [1.165, 1.54) is 22.3 Å². The lowest BCUT2D eigenvalue weighted by molar-refractivity contribution is 0.285. The van der Waals surface area contributed by atoms with Crippen molar-refractivity contribution in [2.24, 2.45) is 0 Å². The van der Waals surface area contributed by atoms with Crippen molar-refractivity contribution in [3.8, 4) is 6.07 Å². The molecule has 2 rings (SSSR count). The Morgan fingerprint density at radius 1 is 1.25 bits per heavy atom. The summed E-state index contributed by atoms with van der Waals surface area (Å²) in [6, 6.07) is 7.03. The van der Waals surface area contributed by atoms with Crippen LogP contribution in [0.5, 0.6) is 0 Å². The molecule has 0 aromatic heterocycles. The van der Waals surface area contributed by atoms with Crippen molar-refractivity contribution in [1.29, 1.82) is 5.26 Å². The van der Waals surface area contributed by atoms with Crippen LogP contribution in [0.15, 0.2) is 12.1 Å². The first-order valence-electron chi connectivity index (χ1n) is 7.89. The molecule has 0 atom stereocenters. The van der Waals surface area contributed by atoms with Crippen molar-refractivity contribution >= 4 is 0 Å². The Balaban J connectivity index is 0.000000956. The molecule has 1 aromatic rings. The third kappa shape index (κ3) is 3.84. The second-order valence-corrected chi connectivity index (χ2v) is 5.45. The lowest BCUT2D eigenvalue weighted by Gasteiger charge is -2.28. The summed E-state index contributed by atoms with van der Waals surface area (Å²) >= 11 is 0. The van der Waals surface area contributed by atoms with E-state index in [2.05, 4.69) is 43.9 Å². The molecule has 0 radical (unpaired) electrons. The van der Waals surface area contributed by atoms with Crippen molar-refractivity contribution in [3.05, 3.63) is 34.4 Å². The molecule has 0 bridgehead atoms. The maximum absolute atomic E-state index is 8.79. The highest BCUT2D eigenvalue weighted by Crippen LogP contribution is 2.27. The summed E-state index contributed by atoms with van der Waals surface area (Å²) in [7, 11) is 0. The molecule has 0 unspecified atom stereocenters. The molecule has 2 nitrogen and oxygen atoms in total. The van der Waals surface area contributed by atoms with Crippen LogP contribution in [0.2, 0.25) is 0 Å². The van der Waals surface area contributed by atoms with Crippen molar-refractivity contribution < 1.29 is 0 Å². The molecule has 0 saturated heterocycles. The van der Waals surface area contributed by atoms with Gasteiger partial charge in [0, 0.05) is 13.1 Å². The van der Waals surface area contributed by atoms with E-state index in [4.69, 9.17) is 5.26 Å². The first-order chi connectivity index (χ1) is 9.65. The normalized spacial score (nSPS) is 14.2. The van der Waals surface area contributed by atoms with E-state index in [9.17, 15) is 0 Å². The zero-order valence-electron chi connectivity index (χ0n) is 13.7. The average molecular weight is 272 g/mol. The zero-order valence-corrected chi connectivity index (χ0v) is 13.7. The molecule has 0 spiro atoms. The molecule has 0 aliphatic carbocycles. The summed E-state index contributed by atoms with van der Waals surface area (Å²) in [5.41, 5.74) is 5.90. The predicted octanol–water partition coefficient (Wildman–Crippen LogP) is 4.28. The van der Waals surface area contributed by atoms with Crippen LogP contribution in [0.1, 0.15) is 62.8 Å². The van der Waals surface area contributed by atoms with Gasteiger partial charge in [-0.05, 0) is 41.0 Å². The minimum atomic E-state index is 0.548. The molecule has 0 fully saturated rings. The second-order valence-electron chi connectivity index (χ2n) is 5.45. The van der Waals surface area contributed by atoms with Gasteiger partial charge in [-0.15, -0.1) is 0 Å². The SMILES string of the molecule is CC.CCc1cc2c(cc1C(C)C)CCN(CC#N)C2. The smallest absolute Gasteiger partial charge is 0.0868 e. The molecule has 1 aliphatic rings. The summed E-state index contributed by atoms with van der Waals surface area (Å²) in [6.07, 6.45) is 2.18. The van der Waals surface area contributed by atoms with E-state index in [0.29, 0.717) is 12.5 Å². The van der Waals surface area contributed by atoms with Crippen molar-refractivity contribution in [2.75, 3.05) is 13.1 Å². The first kappa shape index (κ1) is 16.7. The standard InChI is InChI=1S/C16H22N2.C2H6/c1-4-13-9-15-11-18(8-6-17)7-5-14(15)10-16(13)12(2)3;1-2/h9-10,12H,4-5,7-8,11H2,1-3H3;1-2H3. The Labute approximate surface area is 124 Å². The number of nitriles is 1. The van der Waals surface area contributed by atoms with E-state index in [0.717, 1.165) is 25.9 Å². The lowest BCUT2D eigenvalue weighted by Crippen LogP contribution is -2.31. The highest BCUT2D eigenvalue weighted by atomic mass is 15.1. The third-order valence-corrected chi connectivity index (χ3v) is 3.85. The predicted molar refractivity (Wildman–Crippen MR) is 85.9 cm³/mol. The lowest BCUT2D eigenvalue weighted by atomic mass is 9.88. The summed E-state index contributed by atoms with van der Waals surface area (Å²) < 4.78 is 0. The van der Waals surface area contributed by atoms with Crippen LogP contribution in [-0.2, 0) is 19.4 Å². The maximum atomic E-state index is 8.79. The second kappa shape index (κ2) is 8.07. The van der Waals surface area contributed by atoms with Gasteiger partial charge in [-0.3, -0.25) is 4.90 Å². The van der Waals surface area contributed by atoms with Gasteiger partial charge in [0.05, 0.1) is 12.6 Å². The number of nitrogens with zero attached hydrogens (tertiary/aromatic N) is 2. The quantitative estimate of drug-likeness (QED) is 0.768. The minimum absolute atomic E-state index is 0.548. The number of hydrogen-bond donors (Lipinski definition) is 0. The van der Waals surface area contributed by atoms with E-state index in [1.54, 1.807) is 0 Å². The van der Waals surface area contributed by atoms with Gasteiger partial charge in [-0.25, -0.2) is 0 Å². The van der Waals surface area contributed by atoms with Gasteiger partial charge in [-0.2, -0.15) is 5.26 Å². The van der Waals surface area contributed by atoms with Gasteiger partial charge in [0.15, 0.2) is 0 Å². The Bertz CT molecular complexity index is 469. The molecule has 2 heteroatoms. The fourth-order valence-electron chi connectivity index (χ4n) is 2.82. The largest absolute Gasteiger partial charge is 0.286 e. The highest BCUT2D eigenvalue weighted by Gasteiger charge is 2.18. The van der Waals surface area contributed by atoms with Gasteiger partial charge in [0.25, 0.3) is 0 Å². The monoisotopic (exact) mass is 272 g/mol. The molecule has 1 heterocycles. The summed E-state index contributed by atoms with van der Waals surface area (Å²) in [4.78, 5) is 2.23. The van der Waals surface area contributed by atoms with E-state index < -0.39 is 0 Å². The van der Waals surface area contributed by atoms with Crippen LogP contribution >= 0.6 is 0 Å². The van der Waals surface area contributed by atoms with E-state index in [-0.39, 0.29) is 0 Å². The minimum Gasteiger partial charge on any atom is -0.286 e. The van der Waals surface area contributed by atoms with Crippen LogP contribution in [0.25, 0.3) is 0 Å². The Morgan fingerprint density at radius 2 is 1.95 bits per heavy atom. The number of hydrogen-bond acceptors (Lipinski definition) is 2. The van der Waals surface area contributed by atoms with Crippen molar-refractivity contribution in [2.45, 2.75) is 59.9 Å². The molecule has 0 amide bonds. The number of aryl methyl sites for hydroxylation is 1. The average Bonchev–Trinajstić information content (AvgIpc) is 2.48. The van der Waals surface area contributed by atoms with Crippen LogP contribution in [0, 0.1) is 11.3 Å². The molecule has 110 valence electrons. The number of benzene rings is 1.